The molecule has 0 aromatic rings. The van der Waals surface area contributed by atoms with Gasteiger partial charge in [-0.15, -0.1) is 0 Å². The first-order valence-electron chi connectivity index (χ1n) is 23.0. The maximum Gasteiger partial charge on any atom is 0.220 e. The number of carbonyl (C=O) groups is 2. The summed E-state index contributed by atoms with van der Waals surface area (Å²) in [5, 5.41) is 58.0. The zero-order chi connectivity index (χ0) is 41.7. The number of nitrogens with one attached hydrogen (secondary N) is 2. The highest BCUT2D eigenvalue weighted by Crippen LogP contribution is 2.30. The fourth-order valence-electron chi connectivity index (χ4n) is 7.96. The molecule has 0 bridgehead atoms. The Balaban J connectivity index is 1.89. The quantitative estimate of drug-likeness (QED) is 0.0372. The van der Waals surface area contributed by atoms with Crippen LogP contribution in [0, 0.1) is 0 Å². The van der Waals surface area contributed by atoms with E-state index in [1.807, 2.05) is 0 Å². The van der Waals surface area contributed by atoms with Gasteiger partial charge in [0.25, 0.3) is 0 Å². The molecule has 0 saturated carbocycles. The summed E-state index contributed by atoms with van der Waals surface area (Å²) in [5.41, 5.74) is 0. The van der Waals surface area contributed by atoms with Crippen LogP contribution in [0.1, 0.15) is 188 Å². The van der Waals surface area contributed by atoms with Gasteiger partial charge >= 0.3 is 0 Å². The largest absolute Gasteiger partial charge is 0.394 e. The number of aliphatic hydroxyl groups excluding tert-OH is 5. The number of carbonyl (C=O) groups excluding carboxylic acids is 2. The fourth-order valence-corrected chi connectivity index (χ4v) is 7.96. The van der Waals surface area contributed by atoms with Gasteiger partial charge in [0.1, 0.15) is 30.5 Å². The van der Waals surface area contributed by atoms with E-state index < -0.39 is 74.4 Å². The average Bonchev–Trinajstić information content (AvgIpc) is 3.19. The van der Waals surface area contributed by atoms with E-state index in [2.05, 4.69) is 24.5 Å². The second kappa shape index (κ2) is 32.4. The molecule has 57 heavy (non-hydrogen) atoms. The Labute approximate surface area is 344 Å². The Morgan fingerprint density at radius 2 is 1.18 bits per heavy atom. The number of aliphatic hydroxyl groups is 5. The fraction of sp³-hybridized carbons (Fsp3) is 0.955. The molecule has 0 aliphatic carbocycles. The van der Waals surface area contributed by atoms with E-state index in [1.54, 1.807) is 0 Å². The zero-order valence-corrected chi connectivity index (χ0v) is 36.0. The molecule has 0 spiro atoms. The first-order valence-corrected chi connectivity index (χ1v) is 23.0. The van der Waals surface area contributed by atoms with Crippen molar-refractivity contribution in [2.75, 3.05) is 19.8 Å². The van der Waals surface area contributed by atoms with Crippen LogP contribution in [-0.2, 0) is 28.5 Å². The van der Waals surface area contributed by atoms with Gasteiger partial charge in [0.15, 0.2) is 12.6 Å². The Bertz CT molecular complexity index is 1010. The Kier molecular flexibility index (Phi) is 29.4. The molecule has 5 unspecified atom stereocenters. The third-order valence-corrected chi connectivity index (χ3v) is 11.5. The summed E-state index contributed by atoms with van der Waals surface area (Å²) in [7, 11) is 0. The average molecular weight is 817 g/mol. The number of rotatable bonds is 34. The predicted molar refractivity (Wildman–Crippen MR) is 221 cm³/mol. The minimum Gasteiger partial charge on any atom is -0.394 e. The molecule has 2 saturated heterocycles. The molecule has 7 N–H and O–H groups in total. The molecular weight excluding hydrogens is 732 g/mol. The molecule has 2 rings (SSSR count). The summed E-state index contributed by atoms with van der Waals surface area (Å²) in [5.74, 6) is -0.494. The van der Waals surface area contributed by atoms with Gasteiger partial charge in [-0.25, -0.2) is 0 Å². The van der Waals surface area contributed by atoms with E-state index in [-0.39, 0.29) is 25.0 Å². The Morgan fingerprint density at radius 3 is 1.67 bits per heavy atom. The third kappa shape index (κ3) is 22.1. The lowest BCUT2D eigenvalue weighted by Crippen LogP contribution is -2.67. The van der Waals surface area contributed by atoms with Gasteiger partial charge in [0.2, 0.25) is 11.8 Å². The van der Waals surface area contributed by atoms with Crippen molar-refractivity contribution in [3.8, 4) is 0 Å². The summed E-state index contributed by atoms with van der Waals surface area (Å²) in [6.45, 7) is 4.81. The van der Waals surface area contributed by atoms with E-state index in [0.29, 0.717) is 12.8 Å². The minimum atomic E-state index is -1.48. The molecule has 2 aliphatic heterocycles. The molecule has 0 radical (unpaired) electrons. The predicted octanol–water partition coefficient (Wildman–Crippen LogP) is 6.08. The molecule has 13 nitrogen and oxygen atoms in total. The first kappa shape index (κ1) is 51.7. The van der Waals surface area contributed by atoms with Crippen molar-refractivity contribution in [2.24, 2.45) is 0 Å². The van der Waals surface area contributed by atoms with Crippen LogP contribution in [0.2, 0.25) is 0 Å². The highest BCUT2D eigenvalue weighted by atomic mass is 16.7. The minimum absolute atomic E-state index is 0.00868. The van der Waals surface area contributed by atoms with Crippen molar-refractivity contribution in [3.05, 3.63) is 0 Å². The number of hydrogen-bond acceptors (Lipinski definition) is 11. The van der Waals surface area contributed by atoms with E-state index in [4.69, 9.17) is 18.9 Å². The number of amides is 2. The maximum absolute atomic E-state index is 13.2. The third-order valence-electron chi connectivity index (χ3n) is 11.5. The van der Waals surface area contributed by atoms with Crippen LogP contribution in [0.15, 0.2) is 0 Å². The summed E-state index contributed by atoms with van der Waals surface area (Å²) < 4.78 is 23.7. The van der Waals surface area contributed by atoms with Crippen molar-refractivity contribution >= 4 is 11.8 Å². The van der Waals surface area contributed by atoms with Gasteiger partial charge < -0.3 is 55.1 Å². The van der Waals surface area contributed by atoms with E-state index >= 15 is 0 Å². The Hall–Kier alpha value is -1.42. The molecule has 0 aromatic carbocycles. The van der Waals surface area contributed by atoms with Gasteiger partial charge in [0.05, 0.1) is 38.1 Å². The second-order valence-corrected chi connectivity index (χ2v) is 16.7. The number of ether oxygens (including phenoxy) is 4. The van der Waals surface area contributed by atoms with E-state index in [1.165, 1.54) is 116 Å². The molecule has 2 aliphatic rings. The smallest absolute Gasteiger partial charge is 0.220 e. The summed E-state index contributed by atoms with van der Waals surface area (Å²) in [4.78, 5) is 25.4. The lowest BCUT2D eigenvalue weighted by atomic mass is 9.96. The summed E-state index contributed by atoms with van der Waals surface area (Å²) in [6, 6.07) is -1.45. The van der Waals surface area contributed by atoms with Gasteiger partial charge in [-0.1, -0.05) is 155 Å². The van der Waals surface area contributed by atoms with Gasteiger partial charge in [-0.05, 0) is 12.8 Å². The molecule has 10 atom stereocenters. The zero-order valence-electron chi connectivity index (χ0n) is 36.0. The molecule has 13 heteroatoms. The van der Waals surface area contributed by atoms with Gasteiger partial charge in [0, 0.05) is 19.8 Å². The van der Waals surface area contributed by atoms with Gasteiger partial charge in [-0.3, -0.25) is 9.59 Å². The lowest BCUT2D eigenvalue weighted by Gasteiger charge is -2.46. The van der Waals surface area contributed by atoms with Crippen molar-refractivity contribution in [1.29, 1.82) is 0 Å². The van der Waals surface area contributed by atoms with Crippen molar-refractivity contribution in [3.63, 3.8) is 0 Å². The van der Waals surface area contributed by atoms with Crippen LogP contribution in [0.3, 0.4) is 0 Å². The van der Waals surface area contributed by atoms with Crippen LogP contribution in [-0.4, -0.2) is 118 Å². The SMILES string of the molecule is CCCCCCCCCCCCCCCCCC(=O)NC(CCCCCCCCCC)CO[C@@H]1OC(CO)[C@@H](O[C@@H]2OC(CO)C[C@H](O)C2O)[C@H](O)C1NC(C)=O. The molecule has 2 heterocycles. The normalized spacial score (nSPS) is 27.0. The number of unbranched alkanes of at least 4 members (excludes halogenated alkanes) is 21. The van der Waals surface area contributed by atoms with Crippen molar-refractivity contribution in [1.82, 2.24) is 10.6 Å². The standard InChI is InChI=1S/C44H84N2O11/c1-4-6-8-10-12-14-15-16-17-18-19-20-22-24-26-28-38(51)46-34(27-25-23-21-13-11-9-7-5-2)32-54-43-39(45-33(3)49)41(53)42(37(31-48)56-43)57-44-40(52)36(50)29-35(30-47)55-44/h34-37,39-44,47-48,50,52-53H,4-32H2,1-3H3,(H,45,49)(H,46,51)/t34?,35?,36-,37?,39?,40?,41+,42+,43+,44-/m0/s1. The van der Waals surface area contributed by atoms with Crippen LogP contribution in [0.4, 0.5) is 0 Å². The number of hydrogen-bond donors (Lipinski definition) is 7. The topological polar surface area (TPSA) is 196 Å². The van der Waals surface area contributed by atoms with Crippen LogP contribution in [0.5, 0.6) is 0 Å². The molecular formula is C44H84N2O11. The molecule has 2 amide bonds. The molecule has 2 fully saturated rings. The van der Waals surface area contributed by atoms with Crippen molar-refractivity contribution < 1.29 is 54.1 Å². The van der Waals surface area contributed by atoms with E-state index in [9.17, 15) is 35.1 Å². The van der Waals surface area contributed by atoms with Gasteiger partial charge in [-0.2, -0.15) is 0 Å². The molecule has 0 aromatic heterocycles. The monoisotopic (exact) mass is 817 g/mol. The highest BCUT2D eigenvalue weighted by molar-refractivity contribution is 5.76. The lowest BCUT2D eigenvalue weighted by molar-refractivity contribution is -0.336. The highest BCUT2D eigenvalue weighted by Gasteiger charge is 2.50. The molecule has 336 valence electrons. The Morgan fingerprint density at radius 1 is 0.667 bits per heavy atom. The maximum atomic E-state index is 13.2. The van der Waals surface area contributed by atoms with Crippen LogP contribution in [0.25, 0.3) is 0 Å². The second-order valence-electron chi connectivity index (χ2n) is 16.7. The summed E-state index contributed by atoms with van der Waals surface area (Å²) in [6.07, 6.45) is 19.2. The van der Waals surface area contributed by atoms with Crippen LogP contribution < -0.4 is 10.6 Å². The summed E-state index contributed by atoms with van der Waals surface area (Å²) >= 11 is 0. The van der Waals surface area contributed by atoms with E-state index in [0.717, 1.165) is 38.5 Å². The van der Waals surface area contributed by atoms with Crippen LogP contribution >= 0.6 is 0 Å². The first-order chi connectivity index (χ1) is 27.6. The van der Waals surface area contributed by atoms with Crippen molar-refractivity contribution in [2.45, 2.75) is 249 Å².